The summed E-state index contributed by atoms with van der Waals surface area (Å²) >= 11 is 0. The number of nitrogens with zero attached hydrogens (tertiary/aromatic N) is 2. The number of nitrogens with one attached hydrogen (secondary N) is 1. The van der Waals surface area contributed by atoms with E-state index in [9.17, 15) is 4.79 Å². The van der Waals surface area contributed by atoms with E-state index in [0.29, 0.717) is 29.8 Å². The lowest BCUT2D eigenvalue weighted by molar-refractivity contribution is 0.0369. The molecule has 1 aromatic heterocycles. The first kappa shape index (κ1) is 15.5. The number of hydrogen-bond donors (Lipinski definition) is 2. The molecule has 0 aromatic carbocycles. The molecule has 0 aliphatic carbocycles. The van der Waals surface area contributed by atoms with Crippen LogP contribution < -0.4 is 11.2 Å². The number of hydrogen-bond acceptors (Lipinski definition) is 4. The molecule has 1 saturated heterocycles. The van der Waals surface area contributed by atoms with Gasteiger partial charge in [0.05, 0.1) is 12.1 Å². The van der Waals surface area contributed by atoms with Gasteiger partial charge in [0.1, 0.15) is 0 Å². The quantitative estimate of drug-likeness (QED) is 0.804. The number of amides is 1. The summed E-state index contributed by atoms with van der Waals surface area (Å²) in [4.78, 5) is 16.4. The van der Waals surface area contributed by atoms with Crippen molar-refractivity contribution in [3.05, 3.63) is 29.6 Å². The number of hydrazine groups is 1. The van der Waals surface area contributed by atoms with Gasteiger partial charge in [-0.3, -0.25) is 15.2 Å². The maximum absolute atomic E-state index is 12.4. The van der Waals surface area contributed by atoms with E-state index in [0.717, 1.165) is 12.8 Å². The molecule has 0 radical (unpaired) electrons. The van der Waals surface area contributed by atoms with Crippen LogP contribution in [0.4, 0.5) is 0 Å². The van der Waals surface area contributed by atoms with Gasteiger partial charge in [-0.05, 0) is 32.8 Å². The van der Waals surface area contributed by atoms with Crippen LogP contribution >= 0.6 is 0 Å². The van der Waals surface area contributed by atoms with Gasteiger partial charge < -0.3 is 5.73 Å². The SMILES string of the molecule is CC1CCCC(C)N1NC(=O)c1cncc(C#CCN)c1. The van der Waals surface area contributed by atoms with Crippen molar-refractivity contribution < 1.29 is 4.79 Å². The Morgan fingerprint density at radius 3 is 2.81 bits per heavy atom. The monoisotopic (exact) mass is 286 g/mol. The molecule has 2 rings (SSSR count). The Hall–Kier alpha value is -1.90. The molecule has 1 aliphatic heterocycles. The van der Waals surface area contributed by atoms with Crippen molar-refractivity contribution in [1.82, 2.24) is 15.4 Å². The highest BCUT2D eigenvalue weighted by atomic mass is 16.2. The largest absolute Gasteiger partial charge is 0.320 e. The first-order chi connectivity index (χ1) is 10.1. The number of pyridine rings is 1. The van der Waals surface area contributed by atoms with Crippen molar-refractivity contribution in [2.45, 2.75) is 45.2 Å². The summed E-state index contributed by atoms with van der Waals surface area (Å²) in [7, 11) is 0. The number of piperidine rings is 1. The first-order valence-electron chi connectivity index (χ1n) is 7.35. The lowest BCUT2D eigenvalue weighted by Gasteiger charge is -2.38. The smallest absolute Gasteiger partial charge is 0.267 e. The van der Waals surface area contributed by atoms with Crippen molar-refractivity contribution in [2.24, 2.45) is 5.73 Å². The third-order valence-electron chi connectivity index (χ3n) is 3.76. The van der Waals surface area contributed by atoms with Gasteiger partial charge in [-0.2, -0.15) is 0 Å². The summed E-state index contributed by atoms with van der Waals surface area (Å²) in [6.45, 7) is 4.56. The molecule has 1 aliphatic rings. The molecule has 1 aromatic rings. The van der Waals surface area contributed by atoms with Gasteiger partial charge in [-0.25, -0.2) is 5.01 Å². The third-order valence-corrected chi connectivity index (χ3v) is 3.76. The fourth-order valence-corrected chi connectivity index (χ4v) is 2.61. The van der Waals surface area contributed by atoms with Crippen LogP contribution in [0, 0.1) is 11.8 Å². The fraction of sp³-hybridized carbons (Fsp3) is 0.500. The van der Waals surface area contributed by atoms with Crippen LogP contribution in [0.15, 0.2) is 18.5 Å². The zero-order valence-corrected chi connectivity index (χ0v) is 12.6. The third kappa shape index (κ3) is 4.03. The summed E-state index contributed by atoms with van der Waals surface area (Å²) < 4.78 is 0. The summed E-state index contributed by atoms with van der Waals surface area (Å²) in [5.41, 5.74) is 9.57. The second kappa shape index (κ2) is 7.21. The highest BCUT2D eigenvalue weighted by molar-refractivity contribution is 5.93. The summed E-state index contributed by atoms with van der Waals surface area (Å²) in [6, 6.07) is 2.45. The minimum Gasteiger partial charge on any atom is -0.320 e. The molecular formula is C16H22N4O. The van der Waals surface area contributed by atoms with Crippen molar-refractivity contribution in [2.75, 3.05) is 6.54 Å². The van der Waals surface area contributed by atoms with Crippen LogP contribution in [0.2, 0.25) is 0 Å². The van der Waals surface area contributed by atoms with E-state index in [-0.39, 0.29) is 5.91 Å². The molecule has 0 bridgehead atoms. The molecule has 112 valence electrons. The van der Waals surface area contributed by atoms with E-state index >= 15 is 0 Å². The fourth-order valence-electron chi connectivity index (χ4n) is 2.61. The Bertz CT molecular complexity index is 551. The molecule has 1 amide bonds. The topological polar surface area (TPSA) is 71.2 Å². The number of nitrogens with two attached hydrogens (primary N) is 1. The van der Waals surface area contributed by atoms with Crippen LogP contribution in [-0.4, -0.2) is 34.5 Å². The van der Waals surface area contributed by atoms with E-state index in [4.69, 9.17) is 5.73 Å². The molecule has 3 N–H and O–H groups in total. The minimum atomic E-state index is -0.139. The molecule has 0 saturated carbocycles. The molecule has 2 heterocycles. The Labute approximate surface area is 125 Å². The maximum atomic E-state index is 12.4. The van der Waals surface area contributed by atoms with E-state index in [2.05, 4.69) is 36.1 Å². The van der Waals surface area contributed by atoms with Gasteiger partial charge >= 0.3 is 0 Å². The van der Waals surface area contributed by atoms with Crippen molar-refractivity contribution >= 4 is 5.91 Å². The van der Waals surface area contributed by atoms with Crippen LogP contribution in [0.5, 0.6) is 0 Å². The lowest BCUT2D eigenvalue weighted by atomic mass is 10.00. The van der Waals surface area contributed by atoms with Gasteiger partial charge in [0.25, 0.3) is 5.91 Å². The van der Waals surface area contributed by atoms with Crippen molar-refractivity contribution in [3.8, 4) is 11.8 Å². The highest BCUT2D eigenvalue weighted by Gasteiger charge is 2.26. The zero-order chi connectivity index (χ0) is 15.2. The van der Waals surface area contributed by atoms with Gasteiger partial charge in [0.2, 0.25) is 0 Å². The van der Waals surface area contributed by atoms with Crippen LogP contribution in [0.1, 0.15) is 49.0 Å². The van der Waals surface area contributed by atoms with Crippen molar-refractivity contribution in [1.29, 1.82) is 0 Å². The van der Waals surface area contributed by atoms with Gasteiger partial charge in [0.15, 0.2) is 0 Å². The van der Waals surface area contributed by atoms with E-state index in [1.807, 2.05) is 5.01 Å². The average molecular weight is 286 g/mol. The van der Waals surface area contributed by atoms with Gasteiger partial charge in [-0.1, -0.05) is 18.3 Å². The average Bonchev–Trinajstić information content (AvgIpc) is 2.49. The molecular weight excluding hydrogens is 264 g/mol. The van der Waals surface area contributed by atoms with E-state index in [1.165, 1.54) is 6.42 Å². The van der Waals surface area contributed by atoms with Crippen LogP contribution in [-0.2, 0) is 0 Å². The van der Waals surface area contributed by atoms with E-state index < -0.39 is 0 Å². The van der Waals surface area contributed by atoms with Gasteiger partial charge in [-0.15, -0.1) is 0 Å². The molecule has 2 unspecified atom stereocenters. The zero-order valence-electron chi connectivity index (χ0n) is 12.6. The summed E-state index contributed by atoms with van der Waals surface area (Å²) in [6.07, 6.45) is 6.60. The Morgan fingerprint density at radius 2 is 2.14 bits per heavy atom. The Balaban J connectivity index is 2.09. The maximum Gasteiger partial charge on any atom is 0.267 e. The number of aromatic nitrogens is 1. The lowest BCUT2D eigenvalue weighted by Crippen LogP contribution is -2.54. The molecule has 2 atom stereocenters. The molecule has 5 nitrogen and oxygen atoms in total. The normalized spacial score (nSPS) is 22.2. The highest BCUT2D eigenvalue weighted by Crippen LogP contribution is 2.20. The predicted octanol–water partition coefficient (Wildman–Crippen LogP) is 1.30. The number of carbonyl (C=O) groups excluding carboxylic acids is 1. The van der Waals surface area contributed by atoms with Gasteiger partial charge in [0, 0.05) is 30.0 Å². The molecule has 5 heteroatoms. The van der Waals surface area contributed by atoms with Crippen molar-refractivity contribution in [3.63, 3.8) is 0 Å². The number of carbonyl (C=O) groups is 1. The predicted molar refractivity (Wildman–Crippen MR) is 82.2 cm³/mol. The van der Waals surface area contributed by atoms with Crippen LogP contribution in [0.25, 0.3) is 0 Å². The molecule has 21 heavy (non-hydrogen) atoms. The second-order valence-corrected chi connectivity index (χ2v) is 5.45. The summed E-state index contributed by atoms with van der Waals surface area (Å²) in [5.74, 6) is 5.51. The molecule has 0 spiro atoms. The Kier molecular flexibility index (Phi) is 5.32. The first-order valence-corrected chi connectivity index (χ1v) is 7.35. The second-order valence-electron chi connectivity index (χ2n) is 5.45. The summed E-state index contributed by atoms with van der Waals surface area (Å²) in [5, 5.41) is 2.05. The van der Waals surface area contributed by atoms with Crippen LogP contribution in [0.3, 0.4) is 0 Å². The minimum absolute atomic E-state index is 0.139. The Morgan fingerprint density at radius 1 is 1.43 bits per heavy atom. The standard InChI is InChI=1S/C16H22N4O/c1-12-5-3-6-13(2)20(12)19-16(21)15-9-14(7-4-8-17)10-18-11-15/h9-13H,3,5-6,8,17H2,1-2H3,(H,19,21). The molecule has 1 fully saturated rings. The van der Waals surface area contributed by atoms with E-state index in [1.54, 1.807) is 18.5 Å². The number of rotatable bonds is 2.